The molecule has 1 aromatic rings. The van der Waals surface area contributed by atoms with E-state index in [2.05, 4.69) is 11.9 Å². The van der Waals surface area contributed by atoms with E-state index >= 15 is 0 Å². The molecule has 0 radical (unpaired) electrons. The largest absolute Gasteiger partial charge is 0.312 e. The molecule has 0 aliphatic rings. The molecule has 0 amide bonds. The van der Waals surface area contributed by atoms with Crippen molar-refractivity contribution in [3.05, 3.63) is 29.2 Å². The number of nitrogens with zero attached hydrogens (tertiary/aromatic N) is 1. The smallest absolute Gasteiger partial charge is 0.253 e. The lowest BCUT2D eigenvalue weighted by atomic mass is 10.1. The number of thiophene rings is 1. The summed E-state index contributed by atoms with van der Waals surface area (Å²) in [6, 6.07) is 1.77. The van der Waals surface area contributed by atoms with Crippen molar-refractivity contribution in [2.75, 3.05) is 13.1 Å². The van der Waals surface area contributed by atoms with Gasteiger partial charge in [-0.3, -0.25) is 0 Å². The predicted molar refractivity (Wildman–Crippen MR) is 90.3 cm³/mol. The molecule has 4 nitrogen and oxygen atoms in total. The molecule has 1 N–H and O–H groups in total. The summed E-state index contributed by atoms with van der Waals surface area (Å²) in [5.41, 5.74) is 0.541. The summed E-state index contributed by atoms with van der Waals surface area (Å²) in [6.45, 7) is 15.2. The van der Waals surface area contributed by atoms with Crippen LogP contribution in [0.25, 0.3) is 0 Å². The Balaban J connectivity index is 3.20. The molecule has 6 heteroatoms. The second-order valence-electron chi connectivity index (χ2n) is 5.95. The van der Waals surface area contributed by atoms with Crippen LogP contribution in [-0.4, -0.2) is 31.4 Å². The molecule has 0 spiro atoms. The van der Waals surface area contributed by atoms with Crippen LogP contribution in [-0.2, 0) is 16.6 Å². The van der Waals surface area contributed by atoms with E-state index in [1.165, 1.54) is 15.6 Å². The molecule has 0 atom stereocenters. The maximum absolute atomic E-state index is 12.9. The van der Waals surface area contributed by atoms with Gasteiger partial charge in [-0.2, -0.15) is 4.31 Å². The standard InChI is InChI=1S/C15H26N2O2S2/c1-7-9-17(15(4,5)6)21(18,19)14-10-12(3)13(20-14)11-16-8-2/h7,10,16H,1,8-9,11H2,2-6H3. The summed E-state index contributed by atoms with van der Waals surface area (Å²) >= 11 is 1.35. The third-order valence-electron chi connectivity index (χ3n) is 3.12. The Morgan fingerprint density at radius 3 is 2.52 bits per heavy atom. The van der Waals surface area contributed by atoms with Crippen LogP contribution in [0.3, 0.4) is 0 Å². The van der Waals surface area contributed by atoms with Crippen LogP contribution in [0, 0.1) is 6.92 Å². The molecule has 1 heterocycles. The molecule has 0 saturated heterocycles. The van der Waals surface area contributed by atoms with Gasteiger partial charge in [0.15, 0.2) is 0 Å². The minimum Gasteiger partial charge on any atom is -0.312 e. The number of hydrogen-bond acceptors (Lipinski definition) is 4. The highest BCUT2D eigenvalue weighted by atomic mass is 32.2. The van der Waals surface area contributed by atoms with Gasteiger partial charge in [-0.25, -0.2) is 8.42 Å². The topological polar surface area (TPSA) is 49.4 Å². The Hall–Kier alpha value is -0.690. The van der Waals surface area contributed by atoms with Gasteiger partial charge in [-0.05, 0) is 45.9 Å². The Kier molecular flexibility index (Phi) is 6.16. The SMILES string of the molecule is C=CCN(C(C)(C)C)S(=O)(=O)c1cc(C)c(CNCC)s1. The molecule has 0 aliphatic carbocycles. The van der Waals surface area contributed by atoms with E-state index < -0.39 is 15.6 Å². The predicted octanol–water partition coefficient (Wildman–Crippen LogP) is 3.14. The summed E-state index contributed by atoms with van der Waals surface area (Å²) in [6.07, 6.45) is 1.63. The van der Waals surface area contributed by atoms with Gasteiger partial charge in [-0.15, -0.1) is 17.9 Å². The number of sulfonamides is 1. The Morgan fingerprint density at radius 1 is 1.43 bits per heavy atom. The Morgan fingerprint density at radius 2 is 2.05 bits per heavy atom. The fraction of sp³-hybridized carbons (Fsp3) is 0.600. The van der Waals surface area contributed by atoms with E-state index in [1.807, 2.05) is 34.6 Å². The first-order chi connectivity index (χ1) is 9.64. The number of nitrogens with one attached hydrogen (secondary N) is 1. The van der Waals surface area contributed by atoms with E-state index in [0.717, 1.165) is 17.0 Å². The zero-order chi connectivity index (χ0) is 16.3. The Labute approximate surface area is 132 Å². The normalized spacial score (nSPS) is 12.9. The zero-order valence-electron chi connectivity index (χ0n) is 13.6. The monoisotopic (exact) mass is 330 g/mol. The average molecular weight is 331 g/mol. The van der Waals surface area contributed by atoms with Crippen molar-refractivity contribution < 1.29 is 8.42 Å². The van der Waals surface area contributed by atoms with Crippen LogP contribution in [0.2, 0.25) is 0 Å². The quantitative estimate of drug-likeness (QED) is 0.781. The van der Waals surface area contributed by atoms with Crippen LogP contribution >= 0.6 is 11.3 Å². The highest BCUT2D eigenvalue weighted by molar-refractivity contribution is 7.91. The third-order valence-corrected chi connectivity index (χ3v) is 6.94. The molecule has 0 aromatic carbocycles. The first-order valence-corrected chi connectivity index (χ1v) is 9.34. The minimum atomic E-state index is -3.49. The number of rotatable bonds is 7. The highest BCUT2D eigenvalue weighted by Crippen LogP contribution is 2.31. The van der Waals surface area contributed by atoms with Gasteiger partial charge in [0.05, 0.1) is 0 Å². The third kappa shape index (κ3) is 4.39. The summed E-state index contributed by atoms with van der Waals surface area (Å²) in [4.78, 5) is 1.07. The van der Waals surface area contributed by atoms with Crippen molar-refractivity contribution in [3.8, 4) is 0 Å². The van der Waals surface area contributed by atoms with Gasteiger partial charge < -0.3 is 5.32 Å². The lowest BCUT2D eigenvalue weighted by molar-refractivity contribution is 0.270. The average Bonchev–Trinajstić information content (AvgIpc) is 2.74. The Bertz CT molecular complexity index is 583. The molecule has 0 aliphatic heterocycles. The number of hydrogen-bond donors (Lipinski definition) is 1. The van der Waals surface area contributed by atoms with Crippen LogP contribution < -0.4 is 5.32 Å². The lowest BCUT2D eigenvalue weighted by Gasteiger charge is -2.33. The van der Waals surface area contributed by atoms with Crippen molar-refractivity contribution in [1.82, 2.24) is 9.62 Å². The van der Waals surface area contributed by atoms with Gasteiger partial charge >= 0.3 is 0 Å². The van der Waals surface area contributed by atoms with Crippen molar-refractivity contribution in [1.29, 1.82) is 0 Å². The molecule has 0 fully saturated rings. The van der Waals surface area contributed by atoms with Crippen LogP contribution in [0.5, 0.6) is 0 Å². The number of aryl methyl sites for hydroxylation is 1. The molecule has 0 unspecified atom stereocenters. The van der Waals surface area contributed by atoms with Gasteiger partial charge in [0.25, 0.3) is 10.0 Å². The molecule has 0 bridgehead atoms. The summed E-state index contributed by atoms with van der Waals surface area (Å²) in [5.74, 6) is 0. The molecule has 21 heavy (non-hydrogen) atoms. The second kappa shape index (κ2) is 7.05. The zero-order valence-corrected chi connectivity index (χ0v) is 15.2. The molecule has 1 aromatic heterocycles. The van der Waals surface area contributed by atoms with Crippen LogP contribution in [0.15, 0.2) is 22.9 Å². The maximum atomic E-state index is 12.9. The van der Waals surface area contributed by atoms with Crippen LogP contribution in [0.4, 0.5) is 0 Å². The van der Waals surface area contributed by atoms with Crippen molar-refractivity contribution in [2.24, 2.45) is 0 Å². The minimum absolute atomic E-state index is 0.311. The molecule has 1 rings (SSSR count). The molecule has 120 valence electrons. The van der Waals surface area contributed by atoms with Gasteiger partial charge in [0, 0.05) is 23.5 Å². The summed E-state index contributed by atoms with van der Waals surface area (Å²) in [7, 11) is -3.49. The van der Waals surface area contributed by atoms with E-state index in [9.17, 15) is 8.42 Å². The summed E-state index contributed by atoms with van der Waals surface area (Å²) in [5, 5.41) is 3.24. The van der Waals surface area contributed by atoms with Crippen molar-refractivity contribution in [2.45, 2.75) is 50.9 Å². The van der Waals surface area contributed by atoms with Crippen LogP contribution in [0.1, 0.15) is 38.1 Å². The van der Waals surface area contributed by atoms with Gasteiger partial charge in [0.2, 0.25) is 0 Å². The van der Waals surface area contributed by atoms with E-state index in [4.69, 9.17) is 0 Å². The van der Waals surface area contributed by atoms with Gasteiger partial charge in [0.1, 0.15) is 4.21 Å². The summed E-state index contributed by atoms with van der Waals surface area (Å²) < 4.78 is 27.7. The van der Waals surface area contributed by atoms with Crippen molar-refractivity contribution >= 4 is 21.4 Å². The molecular weight excluding hydrogens is 304 g/mol. The van der Waals surface area contributed by atoms with Crippen molar-refractivity contribution in [3.63, 3.8) is 0 Å². The fourth-order valence-corrected chi connectivity index (χ4v) is 5.42. The van der Waals surface area contributed by atoms with Gasteiger partial charge in [-0.1, -0.05) is 13.0 Å². The van der Waals surface area contributed by atoms with E-state index in [-0.39, 0.29) is 0 Å². The fourth-order valence-electron chi connectivity index (χ4n) is 1.99. The van der Waals surface area contributed by atoms with E-state index in [1.54, 1.807) is 12.1 Å². The molecule has 0 saturated carbocycles. The second-order valence-corrected chi connectivity index (χ2v) is 9.17. The lowest BCUT2D eigenvalue weighted by Crippen LogP contribution is -2.45. The van der Waals surface area contributed by atoms with E-state index in [0.29, 0.717) is 17.3 Å². The first-order valence-electron chi connectivity index (χ1n) is 7.08. The maximum Gasteiger partial charge on any atom is 0.253 e. The molecular formula is C15H26N2O2S2. The first kappa shape index (κ1) is 18.4. The highest BCUT2D eigenvalue weighted by Gasteiger charge is 2.34.